The van der Waals surface area contributed by atoms with Gasteiger partial charge in [-0.15, -0.1) is 0 Å². The Labute approximate surface area is 108 Å². The van der Waals surface area contributed by atoms with Crippen LogP contribution in [0.2, 0.25) is 0 Å². The maximum absolute atomic E-state index is 6.01. The number of benzene rings is 1. The van der Waals surface area contributed by atoms with Crippen LogP contribution in [0.4, 0.5) is 0 Å². The van der Waals surface area contributed by atoms with Crippen LogP contribution in [0.25, 0.3) is 0 Å². The standard InChI is InChI=1S/C13H19BN2O2/c1-12(2)13(3,4)18-14(17-12)11-8-6-5-7-10(11)9-16-15/h5-9H,15H2,1-4H3. The van der Waals surface area contributed by atoms with Crippen LogP contribution in [0, 0.1) is 0 Å². The van der Waals surface area contributed by atoms with E-state index in [4.69, 9.17) is 15.2 Å². The average Bonchev–Trinajstić information content (AvgIpc) is 2.49. The van der Waals surface area contributed by atoms with Gasteiger partial charge in [-0.25, -0.2) is 0 Å². The first-order valence-electron chi connectivity index (χ1n) is 6.05. The smallest absolute Gasteiger partial charge is 0.399 e. The van der Waals surface area contributed by atoms with E-state index in [0.717, 1.165) is 11.0 Å². The normalized spacial score (nSPS) is 21.7. The second kappa shape index (κ2) is 4.41. The van der Waals surface area contributed by atoms with Crippen LogP contribution in [0.15, 0.2) is 29.4 Å². The summed E-state index contributed by atoms with van der Waals surface area (Å²) < 4.78 is 12.0. The van der Waals surface area contributed by atoms with E-state index in [0.29, 0.717) is 0 Å². The van der Waals surface area contributed by atoms with E-state index >= 15 is 0 Å². The molecule has 4 nitrogen and oxygen atoms in total. The third-order valence-corrected chi connectivity index (χ3v) is 3.72. The number of hydrazone groups is 1. The molecule has 0 bridgehead atoms. The SMILES string of the molecule is CC1(C)OB(c2ccccc2C=NN)OC1(C)C. The van der Waals surface area contributed by atoms with Gasteiger partial charge in [0.2, 0.25) is 0 Å². The lowest BCUT2D eigenvalue weighted by molar-refractivity contribution is 0.00578. The van der Waals surface area contributed by atoms with Gasteiger partial charge in [-0.3, -0.25) is 0 Å². The largest absolute Gasteiger partial charge is 0.495 e. The Morgan fingerprint density at radius 2 is 1.67 bits per heavy atom. The quantitative estimate of drug-likeness (QED) is 0.370. The summed E-state index contributed by atoms with van der Waals surface area (Å²) in [6.45, 7) is 8.14. The van der Waals surface area contributed by atoms with Crippen LogP contribution in [-0.4, -0.2) is 24.5 Å². The lowest BCUT2D eigenvalue weighted by Gasteiger charge is -2.32. The molecule has 1 aliphatic heterocycles. The summed E-state index contributed by atoms with van der Waals surface area (Å²) in [7, 11) is -0.385. The summed E-state index contributed by atoms with van der Waals surface area (Å²) in [5.41, 5.74) is 1.18. The van der Waals surface area contributed by atoms with Gasteiger partial charge in [0.25, 0.3) is 0 Å². The molecule has 1 saturated heterocycles. The molecule has 0 aliphatic carbocycles. The van der Waals surface area contributed by atoms with Crippen molar-refractivity contribution >= 4 is 18.8 Å². The summed E-state index contributed by atoms with van der Waals surface area (Å²) >= 11 is 0. The van der Waals surface area contributed by atoms with Gasteiger partial charge >= 0.3 is 7.12 Å². The number of nitrogens with zero attached hydrogens (tertiary/aromatic N) is 1. The Kier molecular flexibility index (Phi) is 3.21. The molecule has 18 heavy (non-hydrogen) atoms. The minimum atomic E-state index is -0.385. The van der Waals surface area contributed by atoms with Crippen LogP contribution in [0.1, 0.15) is 33.3 Å². The molecule has 5 heteroatoms. The molecule has 2 N–H and O–H groups in total. The van der Waals surface area contributed by atoms with Gasteiger partial charge in [-0.1, -0.05) is 24.3 Å². The molecule has 2 rings (SSSR count). The minimum absolute atomic E-state index is 0.343. The van der Waals surface area contributed by atoms with Crippen LogP contribution in [0.5, 0.6) is 0 Å². The van der Waals surface area contributed by atoms with E-state index < -0.39 is 0 Å². The first-order chi connectivity index (χ1) is 8.37. The van der Waals surface area contributed by atoms with Crippen molar-refractivity contribution in [1.29, 1.82) is 0 Å². The van der Waals surface area contributed by atoms with Gasteiger partial charge < -0.3 is 15.2 Å². The van der Waals surface area contributed by atoms with Gasteiger partial charge in [-0.05, 0) is 38.7 Å². The molecule has 1 fully saturated rings. The fourth-order valence-corrected chi connectivity index (χ4v) is 1.89. The molecule has 0 atom stereocenters. The van der Waals surface area contributed by atoms with Crippen molar-refractivity contribution in [3.05, 3.63) is 29.8 Å². The molecule has 0 radical (unpaired) electrons. The molecule has 0 aromatic heterocycles. The van der Waals surface area contributed by atoms with E-state index in [1.807, 2.05) is 52.0 Å². The Morgan fingerprint density at radius 1 is 1.11 bits per heavy atom. The Bertz CT molecular complexity index is 456. The lowest BCUT2D eigenvalue weighted by atomic mass is 9.76. The average molecular weight is 246 g/mol. The molecule has 96 valence electrons. The van der Waals surface area contributed by atoms with E-state index in [-0.39, 0.29) is 18.3 Å². The monoisotopic (exact) mass is 246 g/mol. The topological polar surface area (TPSA) is 56.8 Å². The first-order valence-corrected chi connectivity index (χ1v) is 6.05. The van der Waals surface area contributed by atoms with Crippen molar-refractivity contribution < 1.29 is 9.31 Å². The van der Waals surface area contributed by atoms with Gasteiger partial charge in [0.15, 0.2) is 0 Å². The molecule has 1 heterocycles. The predicted molar refractivity (Wildman–Crippen MR) is 73.9 cm³/mol. The lowest BCUT2D eigenvalue weighted by Crippen LogP contribution is -2.41. The number of nitrogens with two attached hydrogens (primary N) is 1. The van der Waals surface area contributed by atoms with Crippen molar-refractivity contribution in [3.63, 3.8) is 0 Å². The summed E-state index contributed by atoms with van der Waals surface area (Å²) in [6.07, 6.45) is 1.61. The molecule has 0 amide bonds. The summed E-state index contributed by atoms with van der Waals surface area (Å²) in [5.74, 6) is 5.22. The zero-order valence-corrected chi connectivity index (χ0v) is 11.3. The highest BCUT2D eigenvalue weighted by Gasteiger charge is 2.52. The highest BCUT2D eigenvalue weighted by molar-refractivity contribution is 6.63. The van der Waals surface area contributed by atoms with Crippen LogP contribution in [0.3, 0.4) is 0 Å². The van der Waals surface area contributed by atoms with Crippen molar-refractivity contribution in [2.45, 2.75) is 38.9 Å². The first kappa shape index (κ1) is 13.1. The number of hydrogen-bond acceptors (Lipinski definition) is 4. The maximum atomic E-state index is 6.01. The maximum Gasteiger partial charge on any atom is 0.495 e. The molecule has 0 saturated carbocycles. The zero-order valence-electron chi connectivity index (χ0n) is 11.3. The van der Waals surface area contributed by atoms with Gasteiger partial charge in [0.05, 0.1) is 17.4 Å². The van der Waals surface area contributed by atoms with Crippen molar-refractivity contribution in [2.75, 3.05) is 0 Å². The van der Waals surface area contributed by atoms with E-state index in [2.05, 4.69) is 5.10 Å². The Morgan fingerprint density at radius 3 is 2.22 bits per heavy atom. The highest BCUT2D eigenvalue weighted by atomic mass is 16.7. The van der Waals surface area contributed by atoms with Crippen molar-refractivity contribution in [1.82, 2.24) is 0 Å². The number of hydrogen-bond donors (Lipinski definition) is 1. The third-order valence-electron chi connectivity index (χ3n) is 3.72. The Balaban J connectivity index is 2.35. The molecular formula is C13H19BN2O2. The van der Waals surface area contributed by atoms with Gasteiger partial charge in [0.1, 0.15) is 0 Å². The molecule has 0 unspecified atom stereocenters. The van der Waals surface area contributed by atoms with Gasteiger partial charge in [0, 0.05) is 0 Å². The van der Waals surface area contributed by atoms with Crippen LogP contribution in [-0.2, 0) is 9.31 Å². The summed E-state index contributed by atoms with van der Waals surface area (Å²) in [5, 5.41) is 3.57. The molecule has 0 spiro atoms. The molecule has 1 aliphatic rings. The van der Waals surface area contributed by atoms with E-state index in [1.165, 1.54) is 0 Å². The third kappa shape index (κ3) is 2.16. The molecule has 1 aromatic rings. The molecule has 1 aromatic carbocycles. The van der Waals surface area contributed by atoms with E-state index in [1.54, 1.807) is 6.21 Å². The Hall–Kier alpha value is -1.33. The van der Waals surface area contributed by atoms with Crippen LogP contribution >= 0.6 is 0 Å². The van der Waals surface area contributed by atoms with Crippen LogP contribution < -0.4 is 11.3 Å². The summed E-state index contributed by atoms with van der Waals surface area (Å²) in [4.78, 5) is 0. The second-order valence-corrected chi connectivity index (χ2v) is 5.50. The number of rotatable bonds is 2. The minimum Gasteiger partial charge on any atom is -0.399 e. The van der Waals surface area contributed by atoms with Crippen molar-refractivity contribution in [2.24, 2.45) is 10.9 Å². The predicted octanol–water partition coefficient (Wildman–Crippen LogP) is 1.28. The zero-order chi connectivity index (χ0) is 13.4. The fourth-order valence-electron chi connectivity index (χ4n) is 1.89. The second-order valence-electron chi connectivity index (χ2n) is 5.50. The van der Waals surface area contributed by atoms with Crippen molar-refractivity contribution in [3.8, 4) is 0 Å². The molecular weight excluding hydrogens is 227 g/mol. The fraction of sp³-hybridized carbons (Fsp3) is 0.462. The van der Waals surface area contributed by atoms with Gasteiger partial charge in [-0.2, -0.15) is 5.10 Å². The highest BCUT2D eigenvalue weighted by Crippen LogP contribution is 2.36. The summed E-state index contributed by atoms with van der Waals surface area (Å²) in [6, 6.07) is 7.80. The van der Waals surface area contributed by atoms with E-state index in [9.17, 15) is 0 Å².